The molecule has 1 aliphatic rings. The highest BCUT2D eigenvalue weighted by molar-refractivity contribution is 7.15. The van der Waals surface area contributed by atoms with Crippen LogP contribution in [-0.4, -0.2) is 47.6 Å². The molecule has 0 radical (unpaired) electrons. The van der Waals surface area contributed by atoms with Crippen molar-refractivity contribution >= 4 is 22.4 Å². The van der Waals surface area contributed by atoms with Gasteiger partial charge in [0.2, 0.25) is 0 Å². The van der Waals surface area contributed by atoms with Gasteiger partial charge in [0.05, 0.1) is 5.69 Å². The van der Waals surface area contributed by atoms with Gasteiger partial charge in [-0.05, 0) is 33.9 Å². The lowest BCUT2D eigenvalue weighted by molar-refractivity contribution is -0.138. The zero-order chi connectivity index (χ0) is 13.3. The second-order valence-electron chi connectivity index (χ2n) is 5.06. The maximum Gasteiger partial charge on any atom is 0.312 e. The summed E-state index contributed by atoms with van der Waals surface area (Å²) in [6.07, 6.45) is 1.53. The second kappa shape index (κ2) is 5.24. The maximum absolute atomic E-state index is 11.1. The molecule has 0 aliphatic heterocycles. The topological polar surface area (TPSA) is 65.5 Å². The number of fused-ring (bicyclic) bond motifs is 1. The van der Waals surface area contributed by atoms with Crippen LogP contribution in [-0.2, 0) is 11.2 Å². The number of carboxylic acid groups (broad SMARTS) is 1. The fraction of sp³-hybridized carbons (Fsp3) is 0.667. The molecule has 0 amide bonds. The van der Waals surface area contributed by atoms with Crippen molar-refractivity contribution in [3.05, 3.63) is 10.6 Å². The summed E-state index contributed by atoms with van der Waals surface area (Å²) in [4.78, 5) is 18.8. The number of carboxylic acids is 1. The van der Waals surface area contributed by atoms with Gasteiger partial charge in [-0.1, -0.05) is 0 Å². The Morgan fingerprint density at radius 3 is 3.00 bits per heavy atom. The van der Waals surface area contributed by atoms with Gasteiger partial charge in [-0.3, -0.25) is 4.79 Å². The van der Waals surface area contributed by atoms with Crippen LogP contribution < -0.4 is 5.32 Å². The highest BCUT2D eigenvalue weighted by Crippen LogP contribution is 2.38. The highest BCUT2D eigenvalue weighted by atomic mass is 32.1. The molecule has 0 saturated heterocycles. The molecular weight excluding hydrogens is 250 g/mol. The van der Waals surface area contributed by atoms with Crippen molar-refractivity contribution in [1.82, 2.24) is 9.88 Å². The molecule has 100 valence electrons. The molecule has 5 nitrogen and oxygen atoms in total. The molecule has 18 heavy (non-hydrogen) atoms. The van der Waals surface area contributed by atoms with Crippen molar-refractivity contribution in [3.63, 3.8) is 0 Å². The third-order valence-electron chi connectivity index (χ3n) is 3.02. The third-order valence-corrected chi connectivity index (χ3v) is 4.09. The molecule has 1 aliphatic carbocycles. The van der Waals surface area contributed by atoms with Crippen LogP contribution in [0.2, 0.25) is 0 Å². The molecule has 1 heterocycles. The van der Waals surface area contributed by atoms with Gasteiger partial charge in [0.15, 0.2) is 5.13 Å². The number of rotatable bonds is 5. The summed E-state index contributed by atoms with van der Waals surface area (Å²) in [5.74, 6) is -1.16. The van der Waals surface area contributed by atoms with E-state index in [-0.39, 0.29) is 0 Å². The summed E-state index contributed by atoms with van der Waals surface area (Å²) in [6, 6.07) is 0.301. The molecule has 0 saturated carbocycles. The first-order valence-electron chi connectivity index (χ1n) is 6.11. The number of nitrogens with one attached hydrogen (secondary N) is 1. The maximum atomic E-state index is 11.1. The SMILES string of the molecule is CC(CN(C)C)Nc1nc2c(s1)CCC2C(=O)O. The van der Waals surface area contributed by atoms with E-state index in [4.69, 9.17) is 5.11 Å². The lowest BCUT2D eigenvalue weighted by atomic mass is 10.1. The van der Waals surface area contributed by atoms with Gasteiger partial charge in [-0.15, -0.1) is 11.3 Å². The van der Waals surface area contributed by atoms with E-state index in [1.165, 1.54) is 0 Å². The van der Waals surface area contributed by atoms with Gasteiger partial charge in [0, 0.05) is 17.5 Å². The number of aromatic nitrogens is 1. The molecule has 6 heteroatoms. The number of likely N-dealkylation sites (N-methyl/N-ethyl adjacent to an activating group) is 1. The minimum Gasteiger partial charge on any atom is -0.481 e. The zero-order valence-corrected chi connectivity index (χ0v) is 11.8. The van der Waals surface area contributed by atoms with E-state index in [2.05, 4.69) is 22.1 Å². The quantitative estimate of drug-likeness (QED) is 0.850. The van der Waals surface area contributed by atoms with E-state index in [1.807, 2.05) is 14.1 Å². The van der Waals surface area contributed by atoms with Crippen molar-refractivity contribution in [1.29, 1.82) is 0 Å². The first kappa shape index (κ1) is 13.3. The van der Waals surface area contributed by atoms with Crippen LogP contribution in [0.4, 0.5) is 5.13 Å². The first-order chi connectivity index (χ1) is 8.47. The van der Waals surface area contributed by atoms with Gasteiger partial charge in [-0.25, -0.2) is 4.98 Å². The molecule has 0 bridgehead atoms. The number of hydrogen-bond donors (Lipinski definition) is 2. The van der Waals surface area contributed by atoms with Crippen LogP contribution in [0.3, 0.4) is 0 Å². The number of aliphatic carboxylic acids is 1. The predicted molar refractivity (Wildman–Crippen MR) is 72.5 cm³/mol. The van der Waals surface area contributed by atoms with E-state index in [0.717, 1.165) is 28.7 Å². The molecule has 2 N–H and O–H groups in total. The van der Waals surface area contributed by atoms with Crippen molar-refractivity contribution in [2.24, 2.45) is 0 Å². The number of aryl methyl sites for hydroxylation is 1. The van der Waals surface area contributed by atoms with Gasteiger partial charge < -0.3 is 15.3 Å². The minimum absolute atomic E-state index is 0.301. The van der Waals surface area contributed by atoms with E-state index in [0.29, 0.717) is 12.5 Å². The van der Waals surface area contributed by atoms with Crippen molar-refractivity contribution in [3.8, 4) is 0 Å². The van der Waals surface area contributed by atoms with E-state index in [9.17, 15) is 4.79 Å². The lowest BCUT2D eigenvalue weighted by Crippen LogP contribution is -2.29. The summed E-state index contributed by atoms with van der Waals surface area (Å²) in [7, 11) is 4.06. The van der Waals surface area contributed by atoms with E-state index in [1.54, 1.807) is 11.3 Å². The molecule has 1 aromatic heterocycles. The Hall–Kier alpha value is -1.14. The van der Waals surface area contributed by atoms with Gasteiger partial charge >= 0.3 is 5.97 Å². The molecule has 2 atom stereocenters. The van der Waals surface area contributed by atoms with Crippen molar-refractivity contribution in [2.45, 2.75) is 31.7 Å². The minimum atomic E-state index is -0.757. The Bertz CT molecular complexity index is 445. The van der Waals surface area contributed by atoms with Crippen LogP contribution in [0.15, 0.2) is 0 Å². The largest absolute Gasteiger partial charge is 0.481 e. The number of anilines is 1. The summed E-state index contributed by atoms with van der Waals surface area (Å²) < 4.78 is 0. The zero-order valence-electron chi connectivity index (χ0n) is 10.9. The number of thiazole rings is 1. The molecule has 2 rings (SSSR count). The van der Waals surface area contributed by atoms with Crippen molar-refractivity contribution in [2.75, 3.05) is 26.0 Å². The van der Waals surface area contributed by atoms with E-state index >= 15 is 0 Å². The molecule has 0 fully saturated rings. The normalized spacial score (nSPS) is 19.9. The molecule has 1 aromatic rings. The van der Waals surface area contributed by atoms with E-state index < -0.39 is 11.9 Å². The number of carbonyl (C=O) groups is 1. The Morgan fingerprint density at radius 2 is 2.39 bits per heavy atom. The summed E-state index contributed by atoms with van der Waals surface area (Å²) in [5.41, 5.74) is 0.770. The highest BCUT2D eigenvalue weighted by Gasteiger charge is 2.32. The van der Waals surface area contributed by atoms with Gasteiger partial charge in [0.1, 0.15) is 5.92 Å². The average Bonchev–Trinajstić information content (AvgIpc) is 2.73. The number of hydrogen-bond acceptors (Lipinski definition) is 5. The fourth-order valence-corrected chi connectivity index (χ4v) is 3.48. The Balaban J connectivity index is 2.05. The predicted octanol–water partition coefficient (Wildman–Crippen LogP) is 1.62. The Labute approximate surface area is 111 Å². The smallest absolute Gasteiger partial charge is 0.312 e. The molecule has 2 unspecified atom stereocenters. The summed E-state index contributed by atoms with van der Waals surface area (Å²) in [6.45, 7) is 3.02. The van der Waals surface area contributed by atoms with Crippen molar-refractivity contribution < 1.29 is 9.90 Å². The van der Waals surface area contributed by atoms with Gasteiger partial charge in [0.25, 0.3) is 0 Å². The summed E-state index contributed by atoms with van der Waals surface area (Å²) in [5, 5.41) is 13.3. The summed E-state index contributed by atoms with van der Waals surface area (Å²) >= 11 is 1.59. The molecule has 0 aromatic carbocycles. The Morgan fingerprint density at radius 1 is 1.67 bits per heavy atom. The van der Waals surface area contributed by atoms with Crippen LogP contribution in [0, 0.1) is 0 Å². The Kier molecular flexibility index (Phi) is 3.87. The number of nitrogens with zero attached hydrogens (tertiary/aromatic N) is 2. The van der Waals surface area contributed by atoms with Crippen LogP contribution in [0.5, 0.6) is 0 Å². The molecular formula is C12H19N3O2S. The monoisotopic (exact) mass is 269 g/mol. The van der Waals surface area contributed by atoms with Gasteiger partial charge in [-0.2, -0.15) is 0 Å². The first-order valence-corrected chi connectivity index (χ1v) is 6.92. The molecule has 0 spiro atoms. The van der Waals surface area contributed by atoms with Crippen LogP contribution in [0.25, 0.3) is 0 Å². The van der Waals surface area contributed by atoms with Crippen LogP contribution in [0.1, 0.15) is 29.8 Å². The lowest BCUT2D eigenvalue weighted by Gasteiger charge is -2.17. The average molecular weight is 269 g/mol. The third kappa shape index (κ3) is 2.81. The second-order valence-corrected chi connectivity index (χ2v) is 6.15. The fourth-order valence-electron chi connectivity index (χ4n) is 2.33. The standard InChI is InChI=1S/C12H19N3O2S/c1-7(6-15(2)3)13-12-14-10-8(11(16)17)4-5-9(10)18-12/h7-8H,4-6H2,1-3H3,(H,13,14)(H,16,17). The van der Waals surface area contributed by atoms with Crippen LogP contribution >= 0.6 is 11.3 Å².